The van der Waals surface area contributed by atoms with Crippen LogP contribution in [0.5, 0.6) is 0 Å². The molecule has 118 valence electrons. The van der Waals surface area contributed by atoms with Crippen LogP contribution in [0.25, 0.3) is 0 Å². The number of nitrogens with zero attached hydrogens (tertiary/aromatic N) is 1. The summed E-state index contributed by atoms with van der Waals surface area (Å²) in [4.78, 5) is 13.8. The largest absolute Gasteiger partial charge is 0.411 e. The maximum atomic E-state index is 11.8. The lowest BCUT2D eigenvalue weighted by Gasteiger charge is -2.32. The Labute approximate surface area is 116 Å². The van der Waals surface area contributed by atoms with E-state index in [1.54, 1.807) is 0 Å². The summed E-state index contributed by atoms with van der Waals surface area (Å²) in [6.45, 7) is 1.72. The van der Waals surface area contributed by atoms with Gasteiger partial charge in [0.1, 0.15) is 6.61 Å². The molecule has 0 aromatic carbocycles. The topological polar surface area (TPSA) is 67.6 Å². The van der Waals surface area contributed by atoms with E-state index >= 15 is 0 Å². The molecule has 5 nitrogen and oxygen atoms in total. The van der Waals surface area contributed by atoms with Crippen molar-refractivity contribution < 1.29 is 22.7 Å². The first-order valence-electron chi connectivity index (χ1n) is 6.77. The van der Waals surface area contributed by atoms with Crippen molar-refractivity contribution in [1.82, 2.24) is 10.2 Å². The Bertz CT molecular complexity index is 292. The number of nitrogens with two attached hydrogens (primary N) is 1. The number of carbonyl (C=O) groups is 1. The van der Waals surface area contributed by atoms with Crippen molar-refractivity contribution in [3.8, 4) is 0 Å². The molecule has 20 heavy (non-hydrogen) atoms. The van der Waals surface area contributed by atoms with Crippen LogP contribution < -0.4 is 11.1 Å². The Morgan fingerprint density at radius 2 is 2.00 bits per heavy atom. The highest BCUT2D eigenvalue weighted by molar-refractivity contribution is 5.76. The van der Waals surface area contributed by atoms with E-state index in [9.17, 15) is 18.0 Å². The standard InChI is InChI=1S/C12H22F3N3O2/c13-12(14,15)9-20-8-3-11(19)17-10-1-5-18(6-2-10)7-4-16/h10H,1-9,16H2,(H,17,19). The second-order valence-electron chi connectivity index (χ2n) is 4.89. The van der Waals surface area contributed by atoms with Gasteiger partial charge in [-0.15, -0.1) is 0 Å². The quantitative estimate of drug-likeness (QED) is 0.671. The van der Waals surface area contributed by atoms with E-state index in [0.717, 1.165) is 32.5 Å². The molecule has 0 aromatic heterocycles. The molecule has 1 saturated heterocycles. The molecule has 0 bridgehead atoms. The van der Waals surface area contributed by atoms with Crippen LogP contribution in [0.3, 0.4) is 0 Å². The number of alkyl halides is 3. The van der Waals surface area contributed by atoms with Gasteiger partial charge in [0.2, 0.25) is 5.91 Å². The number of hydrogen-bond donors (Lipinski definition) is 2. The maximum absolute atomic E-state index is 11.8. The Kier molecular flexibility index (Phi) is 7.25. The fourth-order valence-corrected chi connectivity index (χ4v) is 2.14. The number of nitrogens with one attached hydrogen (secondary N) is 1. The highest BCUT2D eigenvalue weighted by Crippen LogP contribution is 2.14. The van der Waals surface area contributed by atoms with E-state index in [1.807, 2.05) is 0 Å². The molecule has 1 aliphatic rings. The van der Waals surface area contributed by atoms with E-state index in [0.29, 0.717) is 6.54 Å². The number of ether oxygens (including phenoxy) is 1. The average Bonchev–Trinajstić information content (AvgIpc) is 2.36. The summed E-state index contributed by atoms with van der Waals surface area (Å²) in [5, 5.41) is 2.82. The van der Waals surface area contributed by atoms with Gasteiger partial charge >= 0.3 is 6.18 Å². The van der Waals surface area contributed by atoms with Gasteiger partial charge in [-0.25, -0.2) is 0 Å². The van der Waals surface area contributed by atoms with Crippen molar-refractivity contribution in [3.63, 3.8) is 0 Å². The number of piperidine rings is 1. The van der Waals surface area contributed by atoms with Crippen LogP contribution in [-0.2, 0) is 9.53 Å². The van der Waals surface area contributed by atoms with Crippen LogP contribution in [0.15, 0.2) is 0 Å². The summed E-state index contributed by atoms with van der Waals surface area (Å²) in [5.74, 6) is -0.260. The fraction of sp³-hybridized carbons (Fsp3) is 0.917. The lowest BCUT2D eigenvalue weighted by molar-refractivity contribution is -0.174. The van der Waals surface area contributed by atoms with Gasteiger partial charge in [0.25, 0.3) is 0 Å². The Morgan fingerprint density at radius 1 is 1.35 bits per heavy atom. The van der Waals surface area contributed by atoms with Gasteiger partial charge < -0.3 is 20.7 Å². The fourth-order valence-electron chi connectivity index (χ4n) is 2.14. The van der Waals surface area contributed by atoms with Crippen LogP contribution in [0.4, 0.5) is 13.2 Å². The normalized spacial score (nSPS) is 18.2. The van der Waals surface area contributed by atoms with Gasteiger partial charge in [0.05, 0.1) is 6.61 Å². The SMILES string of the molecule is NCCN1CCC(NC(=O)CCOCC(F)(F)F)CC1. The summed E-state index contributed by atoms with van der Waals surface area (Å²) in [5.41, 5.74) is 5.47. The summed E-state index contributed by atoms with van der Waals surface area (Å²) in [6.07, 6.45) is -2.70. The van der Waals surface area contributed by atoms with Crippen LogP contribution in [0.2, 0.25) is 0 Å². The van der Waals surface area contributed by atoms with Gasteiger partial charge in [-0.05, 0) is 12.8 Å². The lowest BCUT2D eigenvalue weighted by Crippen LogP contribution is -2.45. The third-order valence-electron chi connectivity index (χ3n) is 3.14. The lowest BCUT2D eigenvalue weighted by atomic mass is 10.0. The molecule has 3 N–H and O–H groups in total. The van der Waals surface area contributed by atoms with Crippen molar-refractivity contribution >= 4 is 5.91 Å². The molecule has 1 amide bonds. The predicted molar refractivity (Wildman–Crippen MR) is 68.2 cm³/mol. The van der Waals surface area contributed by atoms with E-state index in [-0.39, 0.29) is 25.0 Å². The van der Waals surface area contributed by atoms with Gasteiger partial charge in [-0.1, -0.05) is 0 Å². The predicted octanol–water partition coefficient (Wildman–Crippen LogP) is 0.495. The van der Waals surface area contributed by atoms with Gasteiger partial charge in [0.15, 0.2) is 0 Å². The Morgan fingerprint density at radius 3 is 2.55 bits per heavy atom. The Hall–Kier alpha value is -0.860. The molecule has 1 aliphatic heterocycles. The van der Waals surface area contributed by atoms with E-state index in [1.165, 1.54) is 0 Å². The van der Waals surface area contributed by atoms with Crippen LogP contribution >= 0.6 is 0 Å². The molecule has 0 atom stereocenters. The number of hydrogen-bond acceptors (Lipinski definition) is 4. The van der Waals surface area contributed by atoms with Crippen molar-refractivity contribution in [2.75, 3.05) is 39.4 Å². The van der Waals surface area contributed by atoms with Crippen molar-refractivity contribution in [1.29, 1.82) is 0 Å². The van der Waals surface area contributed by atoms with Crippen molar-refractivity contribution in [2.45, 2.75) is 31.5 Å². The first-order chi connectivity index (χ1) is 9.40. The van der Waals surface area contributed by atoms with Gasteiger partial charge in [-0.3, -0.25) is 4.79 Å². The second kappa shape index (κ2) is 8.43. The molecule has 8 heteroatoms. The second-order valence-corrected chi connectivity index (χ2v) is 4.89. The van der Waals surface area contributed by atoms with Gasteiger partial charge in [0, 0.05) is 38.6 Å². The van der Waals surface area contributed by atoms with Crippen LogP contribution in [0.1, 0.15) is 19.3 Å². The highest BCUT2D eigenvalue weighted by atomic mass is 19.4. The molecule has 1 heterocycles. The molecular formula is C12H22F3N3O2. The first kappa shape index (κ1) is 17.2. The number of rotatable bonds is 7. The zero-order valence-electron chi connectivity index (χ0n) is 11.4. The molecule has 0 saturated carbocycles. The third kappa shape index (κ3) is 7.66. The number of likely N-dealkylation sites (tertiary alicyclic amines) is 1. The number of amides is 1. The molecule has 0 aromatic rings. The van der Waals surface area contributed by atoms with E-state index in [2.05, 4.69) is 15.0 Å². The highest BCUT2D eigenvalue weighted by Gasteiger charge is 2.27. The van der Waals surface area contributed by atoms with E-state index in [4.69, 9.17) is 5.73 Å². The minimum absolute atomic E-state index is 0.0426. The Balaban J connectivity index is 2.08. The molecule has 1 rings (SSSR count). The minimum atomic E-state index is -4.34. The molecule has 0 unspecified atom stereocenters. The summed E-state index contributed by atoms with van der Waals surface area (Å²) < 4.78 is 39.8. The summed E-state index contributed by atoms with van der Waals surface area (Å²) in [6, 6.07) is 0.0964. The smallest absolute Gasteiger partial charge is 0.372 e. The average molecular weight is 297 g/mol. The zero-order chi connectivity index (χ0) is 15.0. The molecule has 0 aliphatic carbocycles. The first-order valence-corrected chi connectivity index (χ1v) is 6.77. The van der Waals surface area contributed by atoms with Crippen molar-refractivity contribution in [3.05, 3.63) is 0 Å². The number of carbonyl (C=O) groups excluding carboxylic acids is 1. The molecule has 0 spiro atoms. The van der Waals surface area contributed by atoms with E-state index < -0.39 is 12.8 Å². The summed E-state index contributed by atoms with van der Waals surface area (Å²) in [7, 11) is 0. The monoisotopic (exact) mass is 297 g/mol. The molecule has 1 fully saturated rings. The van der Waals surface area contributed by atoms with Gasteiger partial charge in [-0.2, -0.15) is 13.2 Å². The van der Waals surface area contributed by atoms with Crippen LogP contribution in [0, 0.1) is 0 Å². The number of halogens is 3. The van der Waals surface area contributed by atoms with Crippen LogP contribution in [-0.4, -0.2) is 62.4 Å². The minimum Gasteiger partial charge on any atom is -0.372 e. The van der Waals surface area contributed by atoms with Crippen molar-refractivity contribution in [2.24, 2.45) is 5.73 Å². The summed E-state index contributed by atoms with van der Waals surface area (Å²) >= 11 is 0. The molecular weight excluding hydrogens is 275 g/mol. The molecule has 0 radical (unpaired) electrons. The third-order valence-corrected chi connectivity index (χ3v) is 3.14. The zero-order valence-corrected chi connectivity index (χ0v) is 11.4. The maximum Gasteiger partial charge on any atom is 0.411 e.